The molecule has 0 aliphatic rings. The van der Waals surface area contributed by atoms with Crippen LogP contribution in [0, 0.1) is 0 Å². The first-order valence-electron chi connectivity index (χ1n) is 23.8. The molecule has 1 aromatic heterocycles. The highest BCUT2D eigenvalue weighted by atomic mass is 16.3. The number of hydrogen-bond acceptors (Lipinski definition) is 1. The molecule has 0 radical (unpaired) electrons. The lowest BCUT2D eigenvalue weighted by Crippen LogP contribution is -1.92. The van der Waals surface area contributed by atoms with Crippen molar-refractivity contribution in [2.24, 2.45) is 0 Å². The van der Waals surface area contributed by atoms with Crippen molar-refractivity contribution >= 4 is 43.5 Å². The van der Waals surface area contributed by atoms with Crippen LogP contribution in [-0.4, -0.2) is 0 Å². The molecular weight excluding hydrogens is 544 g/mol. The molecule has 8 aromatic carbocycles. The van der Waals surface area contributed by atoms with Gasteiger partial charge in [-0.1, -0.05) is 151 Å². The van der Waals surface area contributed by atoms with Gasteiger partial charge in [-0.05, 0) is 84.2 Å². The van der Waals surface area contributed by atoms with Crippen molar-refractivity contribution in [1.29, 1.82) is 0 Å². The van der Waals surface area contributed by atoms with E-state index in [1.165, 1.54) is 0 Å². The number of hydrogen-bond donors (Lipinski definition) is 0. The van der Waals surface area contributed by atoms with Gasteiger partial charge in [0.1, 0.15) is 11.2 Å². The van der Waals surface area contributed by atoms with Crippen molar-refractivity contribution in [3.63, 3.8) is 0 Å². The van der Waals surface area contributed by atoms with Gasteiger partial charge in [-0.25, -0.2) is 0 Å². The Balaban J connectivity index is 1.50. The fraction of sp³-hybridized carbons (Fsp3) is 0. The molecule has 0 fully saturated rings. The molecule has 0 saturated heterocycles. The molecule has 1 heteroatoms. The van der Waals surface area contributed by atoms with Crippen LogP contribution in [0.3, 0.4) is 0 Å². The van der Waals surface area contributed by atoms with Gasteiger partial charge in [-0.3, -0.25) is 0 Å². The average Bonchev–Trinajstić information content (AvgIpc) is 3.70. The fourth-order valence-corrected chi connectivity index (χ4v) is 5.77. The van der Waals surface area contributed by atoms with Gasteiger partial charge in [0.2, 0.25) is 0 Å². The molecule has 0 aliphatic carbocycles. The minimum Gasteiger partial charge on any atom is -0.456 e. The van der Waals surface area contributed by atoms with Gasteiger partial charge in [0.15, 0.2) is 0 Å². The number of benzene rings is 8. The largest absolute Gasteiger partial charge is 0.456 e. The normalized spacial score (nSPS) is 17.8. The molecular formula is C44H28O. The van der Waals surface area contributed by atoms with E-state index in [2.05, 4.69) is 0 Å². The zero-order valence-corrected chi connectivity index (χ0v) is 23.0. The summed E-state index contributed by atoms with van der Waals surface area (Å²) in [6.07, 6.45) is 0. The molecule has 45 heavy (non-hydrogen) atoms. The van der Waals surface area contributed by atoms with Crippen molar-refractivity contribution in [3.05, 3.63) is 169 Å². The molecule has 0 bridgehead atoms. The zero-order chi connectivity index (χ0) is 47.1. The highest BCUT2D eigenvalue weighted by molar-refractivity contribution is 6.26. The Labute approximate surface area is 289 Å². The Morgan fingerprint density at radius 1 is 0.378 bits per heavy atom. The lowest BCUT2D eigenvalue weighted by atomic mass is 9.84. The Morgan fingerprint density at radius 2 is 0.867 bits per heavy atom. The zero-order valence-electron chi connectivity index (χ0n) is 43.0. The van der Waals surface area contributed by atoms with Crippen LogP contribution >= 0.6 is 0 Å². The molecule has 0 amide bonds. The van der Waals surface area contributed by atoms with Gasteiger partial charge in [-0.2, -0.15) is 0 Å². The number of furan rings is 1. The molecule has 0 saturated carbocycles. The van der Waals surface area contributed by atoms with Gasteiger partial charge in [0.25, 0.3) is 0 Å². The van der Waals surface area contributed by atoms with E-state index in [-0.39, 0.29) is 65.7 Å². The average molecular weight is 593 g/mol. The Hall–Kier alpha value is -5.92. The summed E-state index contributed by atoms with van der Waals surface area (Å²) in [5, 5.41) is 0.798. The standard InChI is InChI=1S/C44H28O/c1-3-13-29(14-4-1)31-23-25-32(26-24-31)42-34-17-7-9-19-36(34)43(37-20-10-8-18-35(37)42)39-27-33(30-15-5-2-6-16-30)28-41-44(39)38-21-11-12-22-40(38)45-41/h1-28H/i1D,2D,3D,4D,5D,6D,11D,12D,13D,14D,15D,16D,21D,22D,23D,24D,25D,26D,27D,28D. The summed E-state index contributed by atoms with van der Waals surface area (Å²) >= 11 is 0. The van der Waals surface area contributed by atoms with Crippen LogP contribution in [0.5, 0.6) is 0 Å². The van der Waals surface area contributed by atoms with Crippen LogP contribution in [0.15, 0.2) is 174 Å². The summed E-state index contributed by atoms with van der Waals surface area (Å²) in [6, 6.07) is -0.541. The van der Waals surface area contributed by atoms with Crippen molar-refractivity contribution in [2.75, 3.05) is 0 Å². The smallest absolute Gasteiger partial charge is 0.136 e. The summed E-state index contributed by atoms with van der Waals surface area (Å²) in [4.78, 5) is 0. The molecule has 1 heterocycles. The molecule has 210 valence electrons. The van der Waals surface area contributed by atoms with Gasteiger partial charge >= 0.3 is 0 Å². The van der Waals surface area contributed by atoms with Crippen molar-refractivity contribution in [1.82, 2.24) is 0 Å². The van der Waals surface area contributed by atoms with Gasteiger partial charge in [-0.15, -0.1) is 0 Å². The highest BCUT2D eigenvalue weighted by Gasteiger charge is 2.21. The summed E-state index contributed by atoms with van der Waals surface area (Å²) in [5.74, 6) is 0. The fourth-order valence-electron chi connectivity index (χ4n) is 5.77. The third kappa shape index (κ3) is 4.17. The number of para-hydroxylation sites is 1. The molecule has 0 aliphatic heterocycles. The van der Waals surface area contributed by atoms with E-state index in [9.17, 15) is 8.22 Å². The van der Waals surface area contributed by atoms with E-state index in [1.54, 1.807) is 48.5 Å². The Kier molecular flexibility index (Phi) is 2.90. The van der Waals surface area contributed by atoms with Crippen LogP contribution in [0.4, 0.5) is 0 Å². The first-order chi connectivity index (χ1) is 30.7. The van der Waals surface area contributed by atoms with E-state index in [0.717, 1.165) is 0 Å². The number of fused-ring (bicyclic) bond motifs is 5. The first-order valence-corrected chi connectivity index (χ1v) is 13.8. The lowest BCUT2D eigenvalue weighted by molar-refractivity contribution is 0.669. The van der Waals surface area contributed by atoms with E-state index < -0.39 is 143 Å². The lowest BCUT2D eigenvalue weighted by Gasteiger charge is -2.19. The maximum Gasteiger partial charge on any atom is 0.136 e. The predicted octanol–water partition coefficient (Wildman–Crippen LogP) is 12.6. The van der Waals surface area contributed by atoms with E-state index in [1.807, 2.05) is 0 Å². The quantitative estimate of drug-likeness (QED) is 0.185. The predicted molar refractivity (Wildman–Crippen MR) is 190 cm³/mol. The molecule has 0 unspecified atom stereocenters. The Morgan fingerprint density at radius 3 is 1.49 bits per heavy atom. The van der Waals surface area contributed by atoms with E-state index >= 15 is 0 Å². The second kappa shape index (κ2) is 10.4. The maximum atomic E-state index is 9.97. The third-order valence-electron chi connectivity index (χ3n) is 7.63. The number of rotatable bonds is 4. The van der Waals surface area contributed by atoms with Crippen LogP contribution in [0.1, 0.15) is 27.4 Å². The van der Waals surface area contributed by atoms with Crippen LogP contribution in [-0.2, 0) is 0 Å². The second-order valence-electron chi connectivity index (χ2n) is 10.1. The summed E-state index contributed by atoms with van der Waals surface area (Å²) < 4.78 is 182. The summed E-state index contributed by atoms with van der Waals surface area (Å²) in [7, 11) is 0. The van der Waals surface area contributed by atoms with Crippen LogP contribution in [0.25, 0.3) is 88.0 Å². The Bertz CT molecular complexity index is 3520. The first kappa shape index (κ1) is 12.6. The maximum absolute atomic E-state index is 9.97. The SMILES string of the molecule is [2H]c1c([2H])c([2H])c(-c2c([2H])c([2H])c(-c3c4ccccc4c(-c4c([2H])c(-c5c([2H])c([2H])c([2H])c([2H])c5[2H])c([2H])c5oc6c([2H])c([2H])c([2H])c([2H])c6c45)c4ccccc34)c([2H])c2[2H])c([2H])c1[2H]. The summed E-state index contributed by atoms with van der Waals surface area (Å²) in [6.45, 7) is 0. The minimum atomic E-state index is -0.747. The molecule has 0 spiro atoms. The van der Waals surface area contributed by atoms with Crippen molar-refractivity contribution < 1.29 is 31.8 Å². The highest BCUT2D eigenvalue weighted by Crippen LogP contribution is 2.48. The topological polar surface area (TPSA) is 13.1 Å². The van der Waals surface area contributed by atoms with E-state index in [0.29, 0.717) is 0 Å². The molecule has 0 N–H and O–H groups in total. The third-order valence-corrected chi connectivity index (χ3v) is 7.63. The minimum absolute atomic E-state index is 0.114. The molecule has 1 nitrogen and oxygen atoms in total. The van der Waals surface area contributed by atoms with Crippen LogP contribution in [0.2, 0.25) is 0 Å². The van der Waals surface area contributed by atoms with Gasteiger partial charge in [0.05, 0.1) is 27.4 Å². The summed E-state index contributed by atoms with van der Waals surface area (Å²) in [5.41, 5.74) is -2.74. The molecule has 9 aromatic rings. The van der Waals surface area contributed by atoms with E-state index in [4.69, 9.17) is 23.6 Å². The second-order valence-corrected chi connectivity index (χ2v) is 10.1. The van der Waals surface area contributed by atoms with Crippen molar-refractivity contribution in [2.45, 2.75) is 0 Å². The molecule has 9 rings (SSSR count). The van der Waals surface area contributed by atoms with Crippen LogP contribution < -0.4 is 0 Å². The van der Waals surface area contributed by atoms with Gasteiger partial charge in [0, 0.05) is 10.8 Å². The molecule has 0 atom stereocenters. The van der Waals surface area contributed by atoms with Crippen molar-refractivity contribution in [3.8, 4) is 44.5 Å². The van der Waals surface area contributed by atoms with Gasteiger partial charge < -0.3 is 4.42 Å². The monoisotopic (exact) mass is 592 g/mol.